The third kappa shape index (κ3) is 5.38. The average molecular weight is 320 g/mol. The molecule has 0 unspecified atom stereocenters. The van der Waals surface area contributed by atoms with Crippen LogP contribution in [0.3, 0.4) is 0 Å². The van der Waals surface area contributed by atoms with Crippen molar-refractivity contribution in [1.29, 1.82) is 0 Å². The number of carbonyl (C=O) groups excluding carboxylic acids is 1. The van der Waals surface area contributed by atoms with Crippen LogP contribution in [0.1, 0.15) is 29.6 Å². The zero-order valence-electron chi connectivity index (χ0n) is 11.5. The maximum atomic E-state index is 12.0. The lowest BCUT2D eigenvalue weighted by atomic mass is 10.0. The second-order valence-electron chi connectivity index (χ2n) is 4.36. The van der Waals surface area contributed by atoms with Crippen LogP contribution in [-0.4, -0.2) is 33.4 Å². The largest absolute Gasteiger partial charge is 0.495 e. The molecular weight excluding hydrogens is 302 g/mol. The van der Waals surface area contributed by atoms with E-state index in [0.717, 1.165) is 12.7 Å². The van der Waals surface area contributed by atoms with Crippen molar-refractivity contribution in [3.63, 3.8) is 0 Å². The summed E-state index contributed by atoms with van der Waals surface area (Å²) in [5, 5.41) is 0. The predicted molar refractivity (Wildman–Crippen MR) is 80.4 cm³/mol. The van der Waals surface area contributed by atoms with E-state index in [-0.39, 0.29) is 11.5 Å². The van der Waals surface area contributed by atoms with Crippen LogP contribution < -0.4 is 9.46 Å². The molecule has 112 valence electrons. The van der Waals surface area contributed by atoms with Gasteiger partial charge in [0, 0.05) is 17.9 Å². The normalized spacial score (nSPS) is 11.2. The summed E-state index contributed by atoms with van der Waals surface area (Å²) in [5.41, 5.74) is 0.713. The molecule has 0 saturated heterocycles. The predicted octanol–water partition coefficient (Wildman–Crippen LogP) is 2.66. The summed E-state index contributed by atoms with van der Waals surface area (Å²) < 4.78 is 30.0. The second-order valence-corrected chi connectivity index (χ2v) is 6.48. The summed E-state index contributed by atoms with van der Waals surface area (Å²) in [6, 6.07) is 4.68. The number of hydrogen-bond donors (Lipinski definition) is 1. The van der Waals surface area contributed by atoms with Gasteiger partial charge in [0.15, 0.2) is 5.78 Å². The Kier molecular flexibility index (Phi) is 6.29. The minimum atomic E-state index is -3.43. The molecule has 0 bridgehead atoms. The van der Waals surface area contributed by atoms with Gasteiger partial charge >= 0.3 is 0 Å². The van der Waals surface area contributed by atoms with E-state index in [1.54, 1.807) is 12.1 Å². The molecule has 0 amide bonds. The Balaban J connectivity index is 2.94. The summed E-state index contributed by atoms with van der Waals surface area (Å²) in [4.78, 5) is 12.0. The van der Waals surface area contributed by atoms with Crippen molar-refractivity contribution >= 4 is 33.1 Å². The number of methoxy groups -OCH3 is 1. The molecule has 0 atom stereocenters. The van der Waals surface area contributed by atoms with Gasteiger partial charge in [-0.15, -0.1) is 11.6 Å². The van der Waals surface area contributed by atoms with Gasteiger partial charge < -0.3 is 4.74 Å². The first kappa shape index (κ1) is 16.8. The quantitative estimate of drug-likeness (QED) is 0.454. The molecule has 1 aromatic carbocycles. The molecule has 0 aliphatic rings. The Labute approximate surface area is 124 Å². The summed E-state index contributed by atoms with van der Waals surface area (Å²) in [7, 11) is -2.00. The highest BCUT2D eigenvalue weighted by atomic mass is 35.5. The van der Waals surface area contributed by atoms with Crippen molar-refractivity contribution in [2.24, 2.45) is 0 Å². The van der Waals surface area contributed by atoms with Crippen LogP contribution in [0.5, 0.6) is 5.75 Å². The summed E-state index contributed by atoms with van der Waals surface area (Å²) in [6.45, 7) is 0. The molecule has 1 rings (SSSR count). The van der Waals surface area contributed by atoms with E-state index in [1.165, 1.54) is 13.2 Å². The van der Waals surface area contributed by atoms with Crippen molar-refractivity contribution in [2.45, 2.75) is 19.3 Å². The van der Waals surface area contributed by atoms with E-state index < -0.39 is 10.0 Å². The van der Waals surface area contributed by atoms with Gasteiger partial charge in [0.05, 0.1) is 19.1 Å². The van der Waals surface area contributed by atoms with E-state index in [2.05, 4.69) is 4.72 Å². The third-order valence-electron chi connectivity index (χ3n) is 2.60. The van der Waals surface area contributed by atoms with Crippen molar-refractivity contribution < 1.29 is 17.9 Å². The number of anilines is 1. The zero-order chi connectivity index (χ0) is 15.2. The van der Waals surface area contributed by atoms with Crippen LogP contribution in [0.4, 0.5) is 5.69 Å². The third-order valence-corrected chi connectivity index (χ3v) is 3.46. The SMILES string of the molecule is COc1ccc(C(=O)CCCCCl)cc1NS(C)(=O)=O. The van der Waals surface area contributed by atoms with Crippen molar-refractivity contribution in [2.75, 3.05) is 24.0 Å². The van der Waals surface area contributed by atoms with Gasteiger partial charge in [-0.2, -0.15) is 0 Å². The molecule has 0 fully saturated rings. The van der Waals surface area contributed by atoms with Gasteiger partial charge in [-0.1, -0.05) is 0 Å². The lowest BCUT2D eigenvalue weighted by Gasteiger charge is -2.11. The Bertz CT molecular complexity index is 572. The van der Waals surface area contributed by atoms with Crippen LogP contribution in [0.2, 0.25) is 0 Å². The first-order chi connectivity index (χ1) is 9.37. The second kappa shape index (κ2) is 7.50. The maximum Gasteiger partial charge on any atom is 0.229 e. The number of benzene rings is 1. The molecule has 0 radical (unpaired) electrons. The highest BCUT2D eigenvalue weighted by molar-refractivity contribution is 7.92. The molecule has 1 aromatic rings. The number of ketones is 1. The van der Waals surface area contributed by atoms with Crippen molar-refractivity contribution in [3.8, 4) is 5.75 Å². The van der Waals surface area contributed by atoms with E-state index in [9.17, 15) is 13.2 Å². The fourth-order valence-corrected chi connectivity index (χ4v) is 2.43. The Morgan fingerprint density at radius 2 is 2.05 bits per heavy atom. The van der Waals surface area contributed by atoms with Gasteiger partial charge in [0.2, 0.25) is 10.0 Å². The number of hydrogen-bond acceptors (Lipinski definition) is 4. The summed E-state index contributed by atoms with van der Waals surface area (Å²) >= 11 is 5.56. The van der Waals surface area contributed by atoms with Crippen LogP contribution >= 0.6 is 11.6 Å². The number of sulfonamides is 1. The van der Waals surface area contributed by atoms with Crippen LogP contribution in [0.15, 0.2) is 18.2 Å². The number of unbranched alkanes of at least 4 members (excludes halogenated alkanes) is 1. The Morgan fingerprint density at radius 1 is 1.35 bits per heavy atom. The van der Waals surface area contributed by atoms with Crippen LogP contribution in [-0.2, 0) is 10.0 Å². The smallest absolute Gasteiger partial charge is 0.229 e. The molecule has 20 heavy (non-hydrogen) atoms. The first-order valence-electron chi connectivity index (χ1n) is 6.12. The molecule has 0 aliphatic carbocycles. The number of alkyl halides is 1. The lowest BCUT2D eigenvalue weighted by molar-refractivity contribution is 0.0980. The van der Waals surface area contributed by atoms with Gasteiger partial charge in [-0.3, -0.25) is 9.52 Å². The van der Waals surface area contributed by atoms with Crippen molar-refractivity contribution in [1.82, 2.24) is 0 Å². The molecule has 1 N–H and O–H groups in total. The zero-order valence-corrected chi connectivity index (χ0v) is 13.1. The molecule has 0 spiro atoms. The van der Waals surface area contributed by atoms with Crippen LogP contribution in [0, 0.1) is 0 Å². The number of ether oxygens (including phenoxy) is 1. The fourth-order valence-electron chi connectivity index (χ4n) is 1.69. The highest BCUT2D eigenvalue weighted by Crippen LogP contribution is 2.27. The van der Waals surface area contributed by atoms with Gasteiger partial charge in [-0.05, 0) is 31.0 Å². The molecule has 7 heteroatoms. The standard InChI is InChI=1S/C13H18ClNO4S/c1-19-13-7-6-10(12(16)5-3-4-8-14)9-11(13)15-20(2,17)18/h6-7,9,15H,3-5,8H2,1-2H3. The number of Topliss-reactive ketones (excluding diaryl/α,β-unsaturated/α-hetero) is 1. The Morgan fingerprint density at radius 3 is 2.60 bits per heavy atom. The average Bonchev–Trinajstić information content (AvgIpc) is 2.37. The molecule has 5 nitrogen and oxygen atoms in total. The minimum Gasteiger partial charge on any atom is -0.495 e. The summed E-state index contributed by atoms with van der Waals surface area (Å²) in [5.74, 6) is 0.846. The minimum absolute atomic E-state index is 0.0469. The summed E-state index contributed by atoms with van der Waals surface area (Å²) in [6.07, 6.45) is 2.92. The van der Waals surface area contributed by atoms with E-state index >= 15 is 0 Å². The first-order valence-corrected chi connectivity index (χ1v) is 8.55. The topological polar surface area (TPSA) is 72.5 Å². The molecule has 0 heterocycles. The molecule has 0 aromatic heterocycles. The number of nitrogens with one attached hydrogen (secondary N) is 1. The number of rotatable bonds is 8. The van der Waals surface area contributed by atoms with Crippen molar-refractivity contribution in [3.05, 3.63) is 23.8 Å². The molecule has 0 saturated carbocycles. The number of halogens is 1. The molecule has 0 aliphatic heterocycles. The highest BCUT2D eigenvalue weighted by Gasteiger charge is 2.12. The lowest BCUT2D eigenvalue weighted by Crippen LogP contribution is -2.11. The van der Waals surface area contributed by atoms with Gasteiger partial charge in [0.25, 0.3) is 0 Å². The van der Waals surface area contributed by atoms with Gasteiger partial charge in [0.1, 0.15) is 5.75 Å². The monoisotopic (exact) mass is 319 g/mol. The van der Waals surface area contributed by atoms with E-state index in [0.29, 0.717) is 30.0 Å². The Hall–Kier alpha value is -1.27. The van der Waals surface area contributed by atoms with E-state index in [1.807, 2.05) is 0 Å². The molecular formula is C13H18ClNO4S. The van der Waals surface area contributed by atoms with E-state index in [4.69, 9.17) is 16.3 Å². The van der Waals surface area contributed by atoms with Crippen LogP contribution in [0.25, 0.3) is 0 Å². The maximum absolute atomic E-state index is 12.0. The van der Waals surface area contributed by atoms with Gasteiger partial charge in [-0.25, -0.2) is 8.42 Å². The number of carbonyl (C=O) groups is 1. The fraction of sp³-hybridized carbons (Fsp3) is 0.462.